The van der Waals surface area contributed by atoms with Crippen LogP contribution in [0.2, 0.25) is 0 Å². The summed E-state index contributed by atoms with van der Waals surface area (Å²) in [5, 5.41) is 5.39. The summed E-state index contributed by atoms with van der Waals surface area (Å²) in [6.45, 7) is 3.62. The summed E-state index contributed by atoms with van der Waals surface area (Å²) < 4.78 is 18.9. The van der Waals surface area contributed by atoms with E-state index in [1.165, 1.54) is 0 Å². The highest BCUT2D eigenvalue weighted by Crippen LogP contribution is 2.28. The highest BCUT2D eigenvalue weighted by molar-refractivity contribution is 7.13. The molecule has 0 radical (unpaired) electrons. The minimum atomic E-state index is -0.163. The molecule has 1 aromatic heterocycles. The van der Waals surface area contributed by atoms with Gasteiger partial charge in [-0.2, -0.15) is 0 Å². The zero-order valence-corrected chi connectivity index (χ0v) is 12.7. The van der Waals surface area contributed by atoms with Gasteiger partial charge in [0.1, 0.15) is 5.82 Å². The smallest absolute Gasteiger partial charge is 0.131 e. The van der Waals surface area contributed by atoms with Crippen LogP contribution in [0.3, 0.4) is 0 Å². The Bertz CT molecular complexity index is 527. The van der Waals surface area contributed by atoms with Gasteiger partial charge in [-0.05, 0) is 42.5 Å². The van der Waals surface area contributed by atoms with Crippen molar-refractivity contribution in [3.8, 4) is 10.4 Å². The molecule has 20 heavy (non-hydrogen) atoms. The van der Waals surface area contributed by atoms with Crippen molar-refractivity contribution in [2.75, 3.05) is 13.7 Å². The molecular formula is C16H20FNOS. The van der Waals surface area contributed by atoms with Crippen molar-refractivity contribution in [2.45, 2.75) is 25.9 Å². The van der Waals surface area contributed by atoms with E-state index >= 15 is 0 Å². The van der Waals surface area contributed by atoms with Crippen LogP contribution in [-0.4, -0.2) is 19.8 Å². The summed E-state index contributed by atoms with van der Waals surface area (Å²) in [5.74, 6) is -0.163. The second-order valence-electron chi connectivity index (χ2n) is 4.85. The molecule has 2 aromatic rings. The SMILES string of the molecule is COCCC(C)NCc1ccc(F)c(-c2cccs2)c1. The Balaban J connectivity index is 2.01. The average molecular weight is 293 g/mol. The van der Waals surface area contributed by atoms with E-state index < -0.39 is 0 Å². The van der Waals surface area contributed by atoms with Gasteiger partial charge in [0.25, 0.3) is 0 Å². The maximum absolute atomic E-state index is 13.9. The summed E-state index contributed by atoms with van der Waals surface area (Å²) >= 11 is 1.56. The number of thiophene rings is 1. The van der Waals surface area contributed by atoms with Crippen LogP contribution in [0, 0.1) is 5.82 Å². The van der Waals surface area contributed by atoms with Gasteiger partial charge in [0, 0.05) is 36.7 Å². The molecule has 2 nitrogen and oxygen atoms in total. The van der Waals surface area contributed by atoms with Crippen LogP contribution in [0.5, 0.6) is 0 Å². The molecule has 0 aliphatic heterocycles. The number of methoxy groups -OCH3 is 1. The molecule has 1 unspecified atom stereocenters. The van der Waals surface area contributed by atoms with Gasteiger partial charge in [0.15, 0.2) is 0 Å². The predicted octanol–water partition coefficient (Wildman–Crippen LogP) is 4.07. The van der Waals surface area contributed by atoms with Gasteiger partial charge in [-0.25, -0.2) is 4.39 Å². The molecule has 1 atom stereocenters. The summed E-state index contributed by atoms with van der Waals surface area (Å²) in [6, 6.07) is 9.58. The molecular weight excluding hydrogens is 273 g/mol. The van der Waals surface area contributed by atoms with E-state index in [4.69, 9.17) is 4.74 Å². The second-order valence-corrected chi connectivity index (χ2v) is 5.80. The van der Waals surface area contributed by atoms with Gasteiger partial charge in [0.05, 0.1) is 0 Å². The lowest BCUT2D eigenvalue weighted by Gasteiger charge is -2.14. The molecule has 2 rings (SSSR count). The highest BCUT2D eigenvalue weighted by atomic mass is 32.1. The van der Waals surface area contributed by atoms with Crippen LogP contribution >= 0.6 is 11.3 Å². The first-order valence-electron chi connectivity index (χ1n) is 6.75. The molecule has 4 heteroatoms. The van der Waals surface area contributed by atoms with E-state index in [0.29, 0.717) is 11.6 Å². The second kappa shape index (κ2) is 7.53. The van der Waals surface area contributed by atoms with Gasteiger partial charge in [-0.15, -0.1) is 11.3 Å². The maximum atomic E-state index is 13.9. The largest absolute Gasteiger partial charge is 0.385 e. The van der Waals surface area contributed by atoms with Crippen LogP contribution in [-0.2, 0) is 11.3 Å². The summed E-state index contributed by atoms with van der Waals surface area (Å²) in [7, 11) is 1.71. The molecule has 108 valence electrons. The third-order valence-electron chi connectivity index (χ3n) is 3.23. The molecule has 0 amide bonds. The highest BCUT2D eigenvalue weighted by Gasteiger charge is 2.08. The number of hydrogen-bond acceptors (Lipinski definition) is 3. The Morgan fingerprint density at radius 3 is 2.90 bits per heavy atom. The molecule has 0 fully saturated rings. The molecule has 1 N–H and O–H groups in total. The van der Waals surface area contributed by atoms with Gasteiger partial charge in [-0.3, -0.25) is 0 Å². The topological polar surface area (TPSA) is 21.3 Å². The number of benzene rings is 1. The average Bonchev–Trinajstić information content (AvgIpc) is 2.98. The zero-order valence-electron chi connectivity index (χ0n) is 11.9. The van der Waals surface area contributed by atoms with E-state index in [1.807, 2.05) is 29.6 Å². The first kappa shape index (κ1) is 15.2. The van der Waals surface area contributed by atoms with Crippen molar-refractivity contribution in [2.24, 2.45) is 0 Å². The van der Waals surface area contributed by atoms with Crippen molar-refractivity contribution < 1.29 is 9.13 Å². The van der Waals surface area contributed by atoms with E-state index in [9.17, 15) is 4.39 Å². The third kappa shape index (κ3) is 4.13. The molecule has 0 saturated heterocycles. The fourth-order valence-electron chi connectivity index (χ4n) is 1.99. The monoisotopic (exact) mass is 293 g/mol. The quantitative estimate of drug-likeness (QED) is 0.831. The standard InChI is InChI=1S/C16H20FNOS/c1-12(7-8-19-2)18-11-13-5-6-15(17)14(10-13)16-4-3-9-20-16/h3-6,9-10,12,18H,7-8,11H2,1-2H3. The van der Waals surface area contributed by atoms with Crippen molar-refractivity contribution in [3.05, 3.63) is 47.1 Å². The number of rotatable bonds is 7. The van der Waals surface area contributed by atoms with Crippen LogP contribution in [0.15, 0.2) is 35.7 Å². The molecule has 0 bridgehead atoms. The normalized spacial score (nSPS) is 12.6. The van der Waals surface area contributed by atoms with Crippen LogP contribution in [0.4, 0.5) is 4.39 Å². The van der Waals surface area contributed by atoms with Crippen LogP contribution in [0.25, 0.3) is 10.4 Å². The van der Waals surface area contributed by atoms with Crippen molar-refractivity contribution in [1.29, 1.82) is 0 Å². The Hall–Kier alpha value is -1.23. The van der Waals surface area contributed by atoms with E-state index in [0.717, 1.165) is 30.0 Å². The van der Waals surface area contributed by atoms with Gasteiger partial charge >= 0.3 is 0 Å². The van der Waals surface area contributed by atoms with E-state index in [1.54, 1.807) is 24.5 Å². The van der Waals surface area contributed by atoms with Crippen LogP contribution in [0.1, 0.15) is 18.9 Å². The lowest BCUT2D eigenvalue weighted by Crippen LogP contribution is -2.26. The Morgan fingerprint density at radius 1 is 1.35 bits per heavy atom. The summed E-state index contributed by atoms with van der Waals surface area (Å²) in [4.78, 5) is 0.969. The predicted molar refractivity (Wildman–Crippen MR) is 82.5 cm³/mol. The minimum absolute atomic E-state index is 0.163. The first-order chi connectivity index (χ1) is 9.70. The van der Waals surface area contributed by atoms with Gasteiger partial charge in [0.2, 0.25) is 0 Å². The molecule has 1 heterocycles. The number of nitrogens with one attached hydrogen (secondary N) is 1. The molecule has 0 aliphatic rings. The number of ether oxygens (including phenoxy) is 1. The van der Waals surface area contributed by atoms with Gasteiger partial charge < -0.3 is 10.1 Å². The molecule has 0 saturated carbocycles. The fourth-order valence-corrected chi connectivity index (χ4v) is 2.74. The maximum Gasteiger partial charge on any atom is 0.131 e. The Kier molecular flexibility index (Phi) is 5.71. The number of halogens is 1. The molecule has 1 aromatic carbocycles. The summed E-state index contributed by atoms with van der Waals surface area (Å²) in [5.41, 5.74) is 1.78. The lowest BCUT2D eigenvalue weighted by atomic mass is 10.1. The van der Waals surface area contributed by atoms with Gasteiger partial charge in [-0.1, -0.05) is 12.1 Å². The van der Waals surface area contributed by atoms with E-state index in [2.05, 4.69) is 12.2 Å². The number of hydrogen-bond donors (Lipinski definition) is 1. The summed E-state index contributed by atoms with van der Waals surface area (Å²) in [6.07, 6.45) is 0.968. The van der Waals surface area contributed by atoms with Crippen LogP contribution < -0.4 is 5.32 Å². The zero-order chi connectivity index (χ0) is 14.4. The Labute approximate surface area is 123 Å². The molecule has 0 aliphatic carbocycles. The fraction of sp³-hybridized carbons (Fsp3) is 0.375. The van der Waals surface area contributed by atoms with E-state index in [-0.39, 0.29) is 5.82 Å². The van der Waals surface area contributed by atoms with Crippen molar-refractivity contribution >= 4 is 11.3 Å². The third-order valence-corrected chi connectivity index (χ3v) is 4.13. The van der Waals surface area contributed by atoms with Crippen molar-refractivity contribution in [3.63, 3.8) is 0 Å². The minimum Gasteiger partial charge on any atom is -0.385 e. The van der Waals surface area contributed by atoms with Crippen molar-refractivity contribution in [1.82, 2.24) is 5.32 Å². The lowest BCUT2D eigenvalue weighted by molar-refractivity contribution is 0.184. The molecule has 0 spiro atoms. The first-order valence-corrected chi connectivity index (χ1v) is 7.63. The Morgan fingerprint density at radius 2 is 2.20 bits per heavy atom.